The molecule has 1 aliphatic rings. The van der Waals surface area contributed by atoms with E-state index >= 15 is 0 Å². The van der Waals surface area contributed by atoms with Crippen LogP contribution in [0.25, 0.3) is 16.8 Å². The third kappa shape index (κ3) is 4.85. The van der Waals surface area contributed by atoms with E-state index in [1.54, 1.807) is 18.3 Å². The number of hydrogen-bond acceptors (Lipinski definition) is 5. The lowest BCUT2D eigenvalue weighted by Crippen LogP contribution is -2.09. The number of esters is 1. The van der Waals surface area contributed by atoms with E-state index in [-0.39, 0.29) is 24.0 Å². The van der Waals surface area contributed by atoms with Crippen molar-refractivity contribution < 1.29 is 27.4 Å². The summed E-state index contributed by atoms with van der Waals surface area (Å²) in [5, 5.41) is 3.43. The first-order chi connectivity index (χ1) is 17.6. The van der Waals surface area contributed by atoms with Gasteiger partial charge in [-0.1, -0.05) is 18.2 Å². The van der Waals surface area contributed by atoms with Crippen molar-refractivity contribution in [3.63, 3.8) is 0 Å². The Bertz CT molecular complexity index is 1490. The minimum absolute atomic E-state index is 0.0153. The summed E-state index contributed by atoms with van der Waals surface area (Å²) in [6.45, 7) is 5.00. The number of halogens is 3. The standard InChI is InChI=1S/C28H26F3N3O3/c1-16-4-5-18(12-32-21-7-8-22-20(10-26(35)36-3)15-37-23(22)11-21)17(2)27(16)19-6-9-25-33-24(28(29,30)31)14-34(25)13-19/h4-9,11,13-14,20,32H,10,12,15H2,1-3H3. The fourth-order valence-electron chi connectivity index (χ4n) is 4.84. The number of pyridine rings is 1. The zero-order chi connectivity index (χ0) is 26.3. The summed E-state index contributed by atoms with van der Waals surface area (Å²) in [6, 6.07) is 13.3. The predicted molar refractivity (Wildman–Crippen MR) is 134 cm³/mol. The van der Waals surface area contributed by atoms with Crippen molar-refractivity contribution in [1.82, 2.24) is 9.38 Å². The number of rotatable bonds is 6. The Morgan fingerprint density at radius 1 is 1.16 bits per heavy atom. The van der Waals surface area contributed by atoms with Gasteiger partial charge in [-0.25, -0.2) is 4.98 Å². The number of anilines is 1. The summed E-state index contributed by atoms with van der Waals surface area (Å²) in [7, 11) is 1.38. The first-order valence-electron chi connectivity index (χ1n) is 11.9. The van der Waals surface area contributed by atoms with Crippen molar-refractivity contribution in [2.24, 2.45) is 0 Å². The number of hydrogen-bond donors (Lipinski definition) is 1. The van der Waals surface area contributed by atoms with Crippen molar-refractivity contribution in [1.29, 1.82) is 0 Å². The molecule has 1 unspecified atom stereocenters. The van der Waals surface area contributed by atoms with Crippen LogP contribution in [0.15, 0.2) is 54.9 Å². The Balaban J connectivity index is 1.37. The number of nitrogens with zero attached hydrogens (tertiary/aromatic N) is 2. The van der Waals surface area contributed by atoms with Gasteiger partial charge in [-0.3, -0.25) is 4.79 Å². The number of fused-ring (bicyclic) bond motifs is 2. The molecule has 4 aromatic rings. The monoisotopic (exact) mass is 509 g/mol. The maximum atomic E-state index is 13.1. The minimum Gasteiger partial charge on any atom is -0.493 e. The molecule has 0 amide bonds. The van der Waals surface area contributed by atoms with Crippen LogP contribution in [-0.2, 0) is 22.3 Å². The molecule has 1 N–H and O–H groups in total. The number of nitrogens with one attached hydrogen (secondary N) is 1. The molecule has 0 aliphatic carbocycles. The first-order valence-corrected chi connectivity index (χ1v) is 11.9. The number of methoxy groups -OCH3 is 1. The van der Waals surface area contributed by atoms with Crippen LogP contribution in [-0.4, -0.2) is 29.1 Å². The van der Waals surface area contributed by atoms with E-state index in [0.717, 1.165) is 51.0 Å². The number of imidazole rings is 1. The van der Waals surface area contributed by atoms with Gasteiger partial charge in [-0.2, -0.15) is 13.2 Å². The second kappa shape index (κ2) is 9.46. The third-order valence-electron chi connectivity index (χ3n) is 6.83. The molecular formula is C28H26F3N3O3. The number of benzene rings is 2. The molecular weight excluding hydrogens is 483 g/mol. The maximum absolute atomic E-state index is 13.1. The highest BCUT2D eigenvalue weighted by Crippen LogP contribution is 2.38. The number of carbonyl (C=O) groups is 1. The predicted octanol–water partition coefficient (Wildman–Crippen LogP) is 6.29. The quantitative estimate of drug-likeness (QED) is 0.310. The zero-order valence-electron chi connectivity index (χ0n) is 20.6. The minimum atomic E-state index is -4.49. The lowest BCUT2D eigenvalue weighted by Gasteiger charge is -2.16. The summed E-state index contributed by atoms with van der Waals surface area (Å²) in [5.41, 5.74) is 6.14. The molecule has 37 heavy (non-hydrogen) atoms. The Morgan fingerprint density at radius 2 is 1.97 bits per heavy atom. The molecule has 0 bridgehead atoms. The van der Waals surface area contributed by atoms with Gasteiger partial charge in [0.2, 0.25) is 0 Å². The van der Waals surface area contributed by atoms with Crippen LogP contribution >= 0.6 is 0 Å². The van der Waals surface area contributed by atoms with Crippen molar-refractivity contribution in [2.45, 2.75) is 38.9 Å². The molecule has 0 saturated heterocycles. The van der Waals surface area contributed by atoms with Gasteiger partial charge in [-0.05, 0) is 59.9 Å². The molecule has 2 aromatic carbocycles. The number of aromatic nitrogens is 2. The molecule has 2 aromatic heterocycles. The molecule has 0 radical (unpaired) electrons. The summed E-state index contributed by atoms with van der Waals surface area (Å²) in [5.74, 6) is 0.479. The molecule has 1 aliphatic heterocycles. The van der Waals surface area contributed by atoms with E-state index in [2.05, 4.69) is 16.4 Å². The van der Waals surface area contributed by atoms with E-state index in [0.29, 0.717) is 13.2 Å². The Kier molecular flexibility index (Phi) is 6.31. The molecule has 9 heteroatoms. The average molecular weight is 510 g/mol. The molecule has 3 heterocycles. The second-order valence-electron chi connectivity index (χ2n) is 9.24. The fraction of sp³-hybridized carbons (Fsp3) is 0.286. The van der Waals surface area contributed by atoms with Crippen molar-refractivity contribution >= 4 is 17.3 Å². The van der Waals surface area contributed by atoms with Gasteiger partial charge in [0, 0.05) is 42.2 Å². The van der Waals surface area contributed by atoms with Crippen LogP contribution < -0.4 is 10.1 Å². The van der Waals surface area contributed by atoms with Crippen molar-refractivity contribution in [2.75, 3.05) is 19.0 Å². The summed E-state index contributed by atoms with van der Waals surface area (Å²) in [4.78, 5) is 15.3. The van der Waals surface area contributed by atoms with Crippen LogP contribution in [0.3, 0.4) is 0 Å². The van der Waals surface area contributed by atoms with Gasteiger partial charge in [-0.15, -0.1) is 0 Å². The maximum Gasteiger partial charge on any atom is 0.434 e. The Labute approximate surface area is 212 Å². The average Bonchev–Trinajstić information content (AvgIpc) is 3.47. The lowest BCUT2D eigenvalue weighted by molar-refractivity contribution is -0.141. The van der Waals surface area contributed by atoms with Gasteiger partial charge in [0.25, 0.3) is 0 Å². The van der Waals surface area contributed by atoms with E-state index in [1.807, 2.05) is 38.1 Å². The Hall–Kier alpha value is -4.01. The van der Waals surface area contributed by atoms with Crippen LogP contribution in [0.2, 0.25) is 0 Å². The van der Waals surface area contributed by atoms with Gasteiger partial charge in [0.1, 0.15) is 11.4 Å². The second-order valence-corrected chi connectivity index (χ2v) is 9.24. The third-order valence-corrected chi connectivity index (χ3v) is 6.83. The number of carbonyl (C=O) groups excluding carboxylic acids is 1. The summed E-state index contributed by atoms with van der Waals surface area (Å²) >= 11 is 0. The molecule has 5 rings (SSSR count). The van der Waals surface area contributed by atoms with Crippen LogP contribution in [0.1, 0.15) is 40.3 Å². The smallest absolute Gasteiger partial charge is 0.434 e. The summed E-state index contributed by atoms with van der Waals surface area (Å²) in [6.07, 6.45) is -1.51. The van der Waals surface area contributed by atoms with E-state index < -0.39 is 11.9 Å². The fourth-order valence-corrected chi connectivity index (χ4v) is 4.84. The van der Waals surface area contributed by atoms with Crippen LogP contribution in [0, 0.1) is 13.8 Å². The number of aryl methyl sites for hydroxylation is 1. The highest BCUT2D eigenvalue weighted by atomic mass is 19.4. The van der Waals surface area contributed by atoms with Gasteiger partial charge in [0.05, 0.1) is 20.1 Å². The zero-order valence-corrected chi connectivity index (χ0v) is 20.6. The highest BCUT2D eigenvalue weighted by molar-refractivity contribution is 5.73. The summed E-state index contributed by atoms with van der Waals surface area (Å²) < 4.78 is 51.3. The topological polar surface area (TPSA) is 64.9 Å². The molecule has 0 saturated carbocycles. The van der Waals surface area contributed by atoms with E-state index in [4.69, 9.17) is 9.47 Å². The molecule has 1 atom stereocenters. The van der Waals surface area contributed by atoms with E-state index in [1.165, 1.54) is 11.5 Å². The SMILES string of the molecule is COC(=O)CC1COc2cc(NCc3ccc(C)c(-c4ccc5nc(C(F)(F)F)cn5c4)c3C)ccc21. The number of alkyl halides is 3. The van der Waals surface area contributed by atoms with Gasteiger partial charge >= 0.3 is 12.1 Å². The first kappa shape index (κ1) is 24.7. The van der Waals surface area contributed by atoms with Gasteiger partial charge in [0.15, 0.2) is 5.69 Å². The molecule has 0 fully saturated rings. The largest absolute Gasteiger partial charge is 0.493 e. The molecule has 6 nitrogen and oxygen atoms in total. The van der Waals surface area contributed by atoms with E-state index in [9.17, 15) is 18.0 Å². The van der Waals surface area contributed by atoms with Gasteiger partial charge < -0.3 is 19.2 Å². The highest BCUT2D eigenvalue weighted by Gasteiger charge is 2.34. The normalized spacial score (nSPS) is 14.9. The Morgan fingerprint density at radius 3 is 2.73 bits per heavy atom. The number of ether oxygens (including phenoxy) is 2. The molecule has 0 spiro atoms. The lowest BCUT2D eigenvalue weighted by atomic mass is 9.93. The van der Waals surface area contributed by atoms with Crippen molar-refractivity contribution in [3.8, 4) is 16.9 Å². The molecule has 192 valence electrons. The van der Waals surface area contributed by atoms with Crippen LogP contribution in [0.5, 0.6) is 5.75 Å². The van der Waals surface area contributed by atoms with Crippen molar-refractivity contribution in [3.05, 3.63) is 82.8 Å². The van der Waals surface area contributed by atoms with Crippen LogP contribution in [0.4, 0.5) is 18.9 Å².